The monoisotopic (exact) mass is 338 g/mol. The summed E-state index contributed by atoms with van der Waals surface area (Å²) in [6, 6.07) is 14.0. The van der Waals surface area contributed by atoms with E-state index < -0.39 is 11.9 Å². The number of benzene rings is 2. The summed E-state index contributed by atoms with van der Waals surface area (Å²) in [7, 11) is 0. The third-order valence-electron chi connectivity index (χ3n) is 2.72. The Morgan fingerprint density at radius 3 is 1.27 bits per heavy atom. The molecule has 0 spiro atoms. The molecule has 114 valence electrons. The van der Waals surface area contributed by atoms with Gasteiger partial charge in [-0.15, -0.1) is 23.2 Å². The number of ether oxygens (including phenoxy) is 2. The number of hydrogen-bond acceptors (Lipinski definition) is 4. The van der Waals surface area contributed by atoms with Crippen molar-refractivity contribution in [1.29, 1.82) is 0 Å². The predicted molar refractivity (Wildman–Crippen MR) is 84.6 cm³/mol. The van der Waals surface area contributed by atoms with Gasteiger partial charge in [0.15, 0.2) is 0 Å². The Balaban J connectivity index is 2.08. The van der Waals surface area contributed by atoms with E-state index in [0.717, 1.165) is 11.1 Å². The first-order valence-corrected chi connectivity index (χ1v) is 7.43. The fourth-order valence-electron chi connectivity index (χ4n) is 1.75. The highest BCUT2D eigenvalue weighted by molar-refractivity contribution is 6.26. The minimum atomic E-state index is -0.500. The first-order chi connectivity index (χ1) is 10.6. The zero-order chi connectivity index (χ0) is 15.9. The molecule has 0 aliphatic rings. The number of rotatable bonds is 5. The van der Waals surface area contributed by atoms with Crippen LogP contribution in [0, 0.1) is 0 Å². The lowest BCUT2D eigenvalue weighted by Gasteiger charge is -2.06. The Hall–Kier alpha value is -2.04. The molecule has 0 saturated carbocycles. The molecule has 0 bridgehead atoms. The summed E-state index contributed by atoms with van der Waals surface area (Å²) in [6.45, 7) is 0. The highest BCUT2D eigenvalue weighted by Crippen LogP contribution is 2.24. The maximum Gasteiger partial charge on any atom is 0.326 e. The van der Waals surface area contributed by atoms with Crippen molar-refractivity contribution < 1.29 is 19.1 Å². The van der Waals surface area contributed by atoms with Crippen molar-refractivity contribution in [2.75, 3.05) is 11.8 Å². The average Bonchev–Trinajstić information content (AvgIpc) is 2.56. The quantitative estimate of drug-likeness (QED) is 0.474. The van der Waals surface area contributed by atoms with Crippen molar-refractivity contribution in [3.63, 3.8) is 0 Å². The molecule has 6 heteroatoms. The largest absolute Gasteiger partial charge is 0.426 e. The van der Waals surface area contributed by atoms with E-state index in [-0.39, 0.29) is 11.8 Å². The van der Waals surface area contributed by atoms with Gasteiger partial charge < -0.3 is 9.47 Å². The fourth-order valence-corrected chi connectivity index (χ4v) is 1.86. The Kier molecular flexibility index (Phi) is 5.81. The van der Waals surface area contributed by atoms with Crippen LogP contribution in [0.5, 0.6) is 11.5 Å². The van der Waals surface area contributed by atoms with E-state index >= 15 is 0 Å². The molecule has 0 unspecified atom stereocenters. The van der Waals surface area contributed by atoms with Gasteiger partial charge in [-0.3, -0.25) is 9.59 Å². The third-order valence-corrected chi connectivity index (χ3v) is 3.16. The van der Waals surface area contributed by atoms with Gasteiger partial charge in [0.25, 0.3) is 0 Å². The number of hydrogen-bond donors (Lipinski definition) is 0. The molecule has 0 radical (unpaired) electrons. The molecule has 0 atom stereocenters. The molecule has 2 rings (SSSR count). The predicted octanol–water partition coefficient (Wildman–Crippen LogP) is 3.64. The maximum absolute atomic E-state index is 11.1. The molecule has 2 aromatic carbocycles. The van der Waals surface area contributed by atoms with Crippen LogP contribution in [0.1, 0.15) is 0 Å². The molecule has 0 N–H and O–H groups in total. The molecule has 0 fully saturated rings. The van der Waals surface area contributed by atoms with Crippen LogP contribution in [-0.2, 0) is 9.59 Å². The van der Waals surface area contributed by atoms with Crippen molar-refractivity contribution in [2.45, 2.75) is 0 Å². The van der Waals surface area contributed by atoms with E-state index in [9.17, 15) is 9.59 Å². The van der Waals surface area contributed by atoms with Crippen molar-refractivity contribution in [2.24, 2.45) is 0 Å². The molecule has 22 heavy (non-hydrogen) atoms. The number of esters is 2. The zero-order valence-corrected chi connectivity index (χ0v) is 12.9. The first-order valence-electron chi connectivity index (χ1n) is 6.36. The lowest BCUT2D eigenvalue weighted by molar-refractivity contribution is -0.132. The van der Waals surface area contributed by atoms with Gasteiger partial charge in [0.2, 0.25) is 0 Å². The van der Waals surface area contributed by atoms with Crippen LogP contribution in [0.3, 0.4) is 0 Å². The second kappa shape index (κ2) is 7.82. The minimum absolute atomic E-state index is 0.190. The van der Waals surface area contributed by atoms with Gasteiger partial charge in [0.05, 0.1) is 0 Å². The minimum Gasteiger partial charge on any atom is -0.426 e. The second-order valence-electron chi connectivity index (χ2n) is 4.26. The SMILES string of the molecule is O=C(CCl)Oc1ccc(-c2ccc(OC(=O)CCl)cc2)cc1. The van der Waals surface area contributed by atoms with Gasteiger partial charge >= 0.3 is 11.9 Å². The molecule has 0 aromatic heterocycles. The van der Waals surface area contributed by atoms with Gasteiger partial charge in [-0.2, -0.15) is 0 Å². The highest BCUT2D eigenvalue weighted by atomic mass is 35.5. The average molecular weight is 339 g/mol. The fraction of sp³-hybridized carbons (Fsp3) is 0.125. The van der Waals surface area contributed by atoms with E-state index in [4.69, 9.17) is 32.7 Å². The van der Waals surface area contributed by atoms with Crippen molar-refractivity contribution in [3.8, 4) is 22.6 Å². The topological polar surface area (TPSA) is 52.6 Å². The van der Waals surface area contributed by atoms with Crippen LogP contribution < -0.4 is 9.47 Å². The molecular weight excluding hydrogens is 327 g/mol. The van der Waals surface area contributed by atoms with Gasteiger partial charge in [-0.1, -0.05) is 24.3 Å². The van der Waals surface area contributed by atoms with Crippen LogP contribution in [0.15, 0.2) is 48.5 Å². The van der Waals surface area contributed by atoms with E-state index in [0.29, 0.717) is 11.5 Å². The Labute approximate surface area is 137 Å². The first kappa shape index (κ1) is 16.3. The summed E-state index contributed by atoms with van der Waals surface area (Å²) in [5.74, 6) is -0.516. The van der Waals surface area contributed by atoms with Crippen molar-refractivity contribution in [1.82, 2.24) is 0 Å². The van der Waals surface area contributed by atoms with Gasteiger partial charge in [0.1, 0.15) is 23.3 Å². The summed E-state index contributed by atoms with van der Waals surface area (Å²) < 4.78 is 9.98. The molecule has 0 amide bonds. The second-order valence-corrected chi connectivity index (χ2v) is 4.80. The molecule has 0 aliphatic heterocycles. The number of carbonyl (C=O) groups excluding carboxylic acids is 2. The summed E-state index contributed by atoms with van der Waals surface area (Å²) in [5, 5.41) is 0. The molecular formula is C16H12Cl2O4. The lowest BCUT2D eigenvalue weighted by Crippen LogP contribution is -2.08. The standard InChI is InChI=1S/C16H12Cl2O4/c17-9-15(19)21-13-5-1-11(2-6-13)12-3-7-14(8-4-12)22-16(20)10-18/h1-8H,9-10H2. The summed E-state index contributed by atoms with van der Waals surface area (Å²) in [4.78, 5) is 22.2. The summed E-state index contributed by atoms with van der Waals surface area (Å²) in [5.41, 5.74) is 1.86. The Morgan fingerprint density at radius 2 is 1.00 bits per heavy atom. The molecule has 4 nitrogen and oxygen atoms in total. The van der Waals surface area contributed by atoms with Crippen LogP contribution in [0.25, 0.3) is 11.1 Å². The van der Waals surface area contributed by atoms with Crippen LogP contribution in [0.4, 0.5) is 0 Å². The molecule has 0 heterocycles. The number of alkyl halides is 2. The van der Waals surface area contributed by atoms with E-state index in [1.54, 1.807) is 24.3 Å². The number of carbonyl (C=O) groups is 2. The Bertz CT molecular complexity index is 591. The van der Waals surface area contributed by atoms with Crippen LogP contribution >= 0.6 is 23.2 Å². The smallest absolute Gasteiger partial charge is 0.326 e. The van der Waals surface area contributed by atoms with E-state index in [1.165, 1.54) is 0 Å². The van der Waals surface area contributed by atoms with E-state index in [1.807, 2.05) is 24.3 Å². The molecule has 0 saturated heterocycles. The maximum atomic E-state index is 11.1. The van der Waals surface area contributed by atoms with Crippen LogP contribution in [-0.4, -0.2) is 23.7 Å². The highest BCUT2D eigenvalue weighted by Gasteiger charge is 2.05. The summed E-state index contributed by atoms with van der Waals surface area (Å²) in [6.07, 6.45) is 0. The van der Waals surface area contributed by atoms with E-state index in [2.05, 4.69) is 0 Å². The lowest BCUT2D eigenvalue weighted by atomic mass is 10.1. The third kappa shape index (κ3) is 4.48. The number of halogens is 2. The summed E-state index contributed by atoms with van der Waals surface area (Å²) >= 11 is 10.7. The normalized spacial score (nSPS) is 10.1. The van der Waals surface area contributed by atoms with Gasteiger partial charge in [-0.25, -0.2) is 0 Å². The van der Waals surface area contributed by atoms with Crippen molar-refractivity contribution >= 4 is 35.1 Å². The van der Waals surface area contributed by atoms with Crippen molar-refractivity contribution in [3.05, 3.63) is 48.5 Å². The zero-order valence-electron chi connectivity index (χ0n) is 11.4. The molecule has 2 aromatic rings. The van der Waals surface area contributed by atoms with Gasteiger partial charge in [0, 0.05) is 0 Å². The molecule has 0 aliphatic carbocycles. The van der Waals surface area contributed by atoms with Gasteiger partial charge in [-0.05, 0) is 35.4 Å². The van der Waals surface area contributed by atoms with Crippen LogP contribution in [0.2, 0.25) is 0 Å². The Morgan fingerprint density at radius 1 is 0.682 bits per heavy atom.